The summed E-state index contributed by atoms with van der Waals surface area (Å²) in [5.41, 5.74) is 14.9. The van der Waals surface area contributed by atoms with Crippen molar-refractivity contribution in [3.8, 4) is 0 Å². The van der Waals surface area contributed by atoms with Gasteiger partial charge in [0.05, 0.1) is 0 Å². The zero-order valence-corrected chi connectivity index (χ0v) is 22.6. The largest absolute Gasteiger partial charge is 0.318 e. The zero-order chi connectivity index (χ0) is 24.0. The highest BCUT2D eigenvalue weighted by atomic mass is 31.2. The van der Waals surface area contributed by atoms with Crippen LogP contribution in [0.15, 0.2) is 30.3 Å². The summed E-state index contributed by atoms with van der Waals surface area (Å²) in [7, 11) is -2.78. The van der Waals surface area contributed by atoms with E-state index in [9.17, 15) is 0 Å². The molecular formula is C30H39OP. The third-order valence-electron chi connectivity index (χ3n) is 7.24. The van der Waals surface area contributed by atoms with Crippen LogP contribution in [0.4, 0.5) is 0 Å². The molecule has 0 fully saturated rings. The Kier molecular flexibility index (Phi) is 6.92. The summed E-state index contributed by atoms with van der Waals surface area (Å²) in [6.45, 7) is 21.6. The quantitative estimate of drug-likeness (QED) is 0.361. The molecule has 32 heavy (non-hydrogen) atoms. The van der Waals surface area contributed by atoms with Crippen molar-refractivity contribution >= 4 is 12.4 Å². The van der Waals surface area contributed by atoms with Crippen LogP contribution >= 0.6 is 7.14 Å². The van der Waals surface area contributed by atoms with E-state index in [1.165, 1.54) is 66.8 Å². The highest BCUT2D eigenvalue weighted by Crippen LogP contribution is 2.55. The Morgan fingerprint density at radius 1 is 0.500 bits per heavy atom. The molecule has 0 spiro atoms. The normalized spacial score (nSPS) is 11.8. The highest BCUT2D eigenvalue weighted by molar-refractivity contribution is 7.70. The number of rotatable bonds is 5. The molecule has 0 heterocycles. The standard InChI is InChI=1S/C30H39OP/c1-18-11-22(5)28(23(6)12-18)16-32(31,17-29-24(7)13-19(2)14-25(29)8)30-26(9)20(3)15-21(4)27(30)10/h11-15H,16-17H2,1-10H3. The Morgan fingerprint density at radius 2 is 0.812 bits per heavy atom. The van der Waals surface area contributed by atoms with Gasteiger partial charge in [-0.2, -0.15) is 0 Å². The smallest absolute Gasteiger partial charge is 0.124 e. The van der Waals surface area contributed by atoms with Crippen LogP contribution in [0.3, 0.4) is 0 Å². The van der Waals surface area contributed by atoms with Gasteiger partial charge in [0.15, 0.2) is 0 Å². The fourth-order valence-corrected chi connectivity index (χ4v) is 9.47. The summed E-state index contributed by atoms with van der Waals surface area (Å²) in [5, 5.41) is 1.11. The SMILES string of the molecule is Cc1cc(C)c(CP(=O)(Cc2c(C)cc(C)cc2C)c2c(C)c(C)cc(C)c2C)c(C)c1. The first-order chi connectivity index (χ1) is 14.8. The number of hydrogen-bond acceptors (Lipinski definition) is 1. The molecule has 0 N–H and O–H groups in total. The minimum Gasteiger partial charge on any atom is -0.318 e. The molecule has 3 aromatic carbocycles. The van der Waals surface area contributed by atoms with E-state index in [0.717, 1.165) is 5.30 Å². The van der Waals surface area contributed by atoms with Crippen molar-refractivity contribution < 1.29 is 4.57 Å². The van der Waals surface area contributed by atoms with Crippen molar-refractivity contribution in [1.82, 2.24) is 0 Å². The van der Waals surface area contributed by atoms with Gasteiger partial charge in [-0.15, -0.1) is 0 Å². The first kappa shape index (κ1) is 24.5. The summed E-state index contributed by atoms with van der Waals surface area (Å²) in [6, 6.07) is 11.2. The lowest BCUT2D eigenvalue weighted by molar-refractivity contribution is 0.579. The summed E-state index contributed by atoms with van der Waals surface area (Å²) < 4.78 is 15.3. The molecule has 1 nitrogen and oxygen atoms in total. The van der Waals surface area contributed by atoms with E-state index >= 15 is 4.57 Å². The zero-order valence-electron chi connectivity index (χ0n) is 21.7. The lowest BCUT2D eigenvalue weighted by Gasteiger charge is -2.28. The summed E-state index contributed by atoms with van der Waals surface area (Å²) in [6.07, 6.45) is 1.23. The van der Waals surface area contributed by atoms with Gasteiger partial charge in [-0.1, -0.05) is 41.5 Å². The molecule has 0 aliphatic heterocycles. The van der Waals surface area contributed by atoms with Crippen LogP contribution in [0.5, 0.6) is 0 Å². The Balaban J connectivity index is 2.30. The molecule has 3 rings (SSSR count). The van der Waals surface area contributed by atoms with Crippen molar-refractivity contribution in [2.75, 3.05) is 0 Å². The van der Waals surface area contributed by atoms with E-state index in [-0.39, 0.29) is 0 Å². The molecule has 170 valence electrons. The van der Waals surface area contributed by atoms with Crippen LogP contribution in [-0.4, -0.2) is 0 Å². The molecule has 0 saturated heterocycles. The van der Waals surface area contributed by atoms with Crippen molar-refractivity contribution in [1.29, 1.82) is 0 Å². The number of benzene rings is 3. The Morgan fingerprint density at radius 3 is 1.12 bits per heavy atom. The minimum atomic E-state index is -2.78. The second-order valence-corrected chi connectivity index (χ2v) is 12.9. The predicted molar refractivity (Wildman–Crippen MR) is 141 cm³/mol. The molecule has 0 bridgehead atoms. The van der Waals surface area contributed by atoms with Crippen LogP contribution in [0.1, 0.15) is 66.8 Å². The third kappa shape index (κ3) is 4.65. The molecule has 0 aromatic heterocycles. The van der Waals surface area contributed by atoms with Gasteiger partial charge >= 0.3 is 0 Å². The topological polar surface area (TPSA) is 17.1 Å². The van der Waals surface area contributed by atoms with Gasteiger partial charge in [0, 0.05) is 17.6 Å². The average molecular weight is 447 g/mol. The maximum absolute atomic E-state index is 15.3. The van der Waals surface area contributed by atoms with Gasteiger partial charge in [0.25, 0.3) is 0 Å². The van der Waals surface area contributed by atoms with Crippen molar-refractivity contribution in [3.63, 3.8) is 0 Å². The molecule has 0 atom stereocenters. The van der Waals surface area contributed by atoms with Crippen molar-refractivity contribution in [2.24, 2.45) is 0 Å². The van der Waals surface area contributed by atoms with E-state index in [1.54, 1.807) is 0 Å². The van der Waals surface area contributed by atoms with Gasteiger partial charge in [-0.3, -0.25) is 0 Å². The van der Waals surface area contributed by atoms with Gasteiger partial charge in [-0.05, 0) is 125 Å². The second kappa shape index (κ2) is 9.03. The minimum absolute atomic E-state index is 0.613. The second-order valence-electron chi connectivity index (χ2n) is 10.1. The van der Waals surface area contributed by atoms with Crippen molar-refractivity contribution in [3.05, 3.63) is 97.1 Å². The van der Waals surface area contributed by atoms with Crippen LogP contribution < -0.4 is 5.30 Å². The van der Waals surface area contributed by atoms with Crippen LogP contribution in [-0.2, 0) is 16.9 Å². The maximum atomic E-state index is 15.3. The fraction of sp³-hybridized carbons (Fsp3) is 0.400. The van der Waals surface area contributed by atoms with Gasteiger partial charge in [0.1, 0.15) is 7.14 Å². The Hall–Kier alpha value is -2.11. The molecule has 0 saturated carbocycles. The molecule has 0 radical (unpaired) electrons. The monoisotopic (exact) mass is 446 g/mol. The van der Waals surface area contributed by atoms with E-state index in [1.807, 2.05) is 0 Å². The molecule has 0 amide bonds. The summed E-state index contributed by atoms with van der Waals surface area (Å²) >= 11 is 0. The van der Waals surface area contributed by atoms with Gasteiger partial charge in [-0.25, -0.2) is 0 Å². The van der Waals surface area contributed by atoms with E-state index < -0.39 is 7.14 Å². The molecule has 0 unspecified atom stereocenters. The lowest BCUT2D eigenvalue weighted by atomic mass is 10.0. The highest BCUT2D eigenvalue weighted by Gasteiger charge is 2.32. The lowest BCUT2D eigenvalue weighted by Crippen LogP contribution is -2.20. The number of aryl methyl sites for hydroxylation is 8. The van der Waals surface area contributed by atoms with Crippen LogP contribution in [0, 0.1) is 69.2 Å². The van der Waals surface area contributed by atoms with Crippen LogP contribution in [0.25, 0.3) is 0 Å². The first-order valence-corrected chi connectivity index (χ1v) is 13.7. The third-order valence-corrected chi connectivity index (χ3v) is 10.4. The fourth-order valence-electron chi connectivity index (χ4n) is 5.45. The molecular weight excluding hydrogens is 407 g/mol. The summed E-state index contributed by atoms with van der Waals surface area (Å²) in [5.74, 6) is 0. The molecule has 3 aromatic rings. The molecule has 0 aliphatic rings. The van der Waals surface area contributed by atoms with Gasteiger partial charge in [0.2, 0.25) is 0 Å². The Labute approximate surface area is 195 Å². The number of hydrogen-bond donors (Lipinski definition) is 0. The van der Waals surface area contributed by atoms with E-state index in [0.29, 0.717) is 12.3 Å². The Bertz CT molecular complexity index is 1110. The molecule has 0 aliphatic carbocycles. The first-order valence-electron chi connectivity index (χ1n) is 11.6. The van der Waals surface area contributed by atoms with Crippen molar-refractivity contribution in [2.45, 2.75) is 81.6 Å². The summed E-state index contributed by atoms with van der Waals surface area (Å²) in [4.78, 5) is 0. The molecule has 2 heteroatoms. The maximum Gasteiger partial charge on any atom is 0.124 e. The van der Waals surface area contributed by atoms with E-state index in [4.69, 9.17) is 0 Å². The van der Waals surface area contributed by atoms with Crippen LogP contribution in [0.2, 0.25) is 0 Å². The van der Waals surface area contributed by atoms with E-state index in [2.05, 4.69) is 99.6 Å². The predicted octanol–water partition coefficient (Wildman–Crippen LogP) is 8.16. The average Bonchev–Trinajstić information content (AvgIpc) is 2.66. The van der Waals surface area contributed by atoms with Gasteiger partial charge < -0.3 is 4.57 Å².